The maximum absolute atomic E-state index is 11.8. The number of nitrogens with one attached hydrogen (secondary N) is 1. The van der Waals surface area contributed by atoms with Gasteiger partial charge in [-0.1, -0.05) is 12.1 Å². The van der Waals surface area contributed by atoms with Crippen molar-refractivity contribution in [2.24, 2.45) is 0 Å². The zero-order valence-corrected chi connectivity index (χ0v) is 15.7. The van der Waals surface area contributed by atoms with Crippen molar-refractivity contribution in [1.82, 2.24) is 14.9 Å². The second-order valence-electron chi connectivity index (χ2n) is 6.12. The molecule has 8 nitrogen and oxygen atoms in total. The van der Waals surface area contributed by atoms with Crippen molar-refractivity contribution < 1.29 is 14.3 Å². The average Bonchev–Trinajstić information content (AvgIpc) is 2.73. The first-order valence-corrected chi connectivity index (χ1v) is 9.06. The average molecular weight is 371 g/mol. The van der Waals surface area contributed by atoms with Crippen molar-refractivity contribution in [3.05, 3.63) is 42.1 Å². The summed E-state index contributed by atoms with van der Waals surface area (Å²) < 4.78 is 10.2. The number of rotatable bonds is 6. The van der Waals surface area contributed by atoms with Gasteiger partial charge in [0.05, 0.1) is 13.7 Å². The molecule has 1 amide bonds. The SMILES string of the molecule is CCOC(=O)N1CCN(c2nccc(NCc3ccc(OC)cc3)n2)CC1. The highest BCUT2D eigenvalue weighted by molar-refractivity contribution is 5.68. The number of methoxy groups -OCH3 is 1. The summed E-state index contributed by atoms with van der Waals surface area (Å²) in [6.45, 7) is 5.44. The molecule has 8 heteroatoms. The van der Waals surface area contributed by atoms with Crippen LogP contribution < -0.4 is 15.0 Å². The van der Waals surface area contributed by atoms with Crippen LogP contribution in [0.3, 0.4) is 0 Å². The van der Waals surface area contributed by atoms with E-state index in [-0.39, 0.29) is 6.09 Å². The van der Waals surface area contributed by atoms with Crippen LogP contribution in [0.1, 0.15) is 12.5 Å². The summed E-state index contributed by atoms with van der Waals surface area (Å²) in [5, 5.41) is 3.32. The second-order valence-corrected chi connectivity index (χ2v) is 6.12. The Bertz CT molecular complexity index is 745. The zero-order valence-electron chi connectivity index (χ0n) is 15.7. The largest absolute Gasteiger partial charge is 0.497 e. The van der Waals surface area contributed by atoms with Crippen molar-refractivity contribution in [2.45, 2.75) is 13.5 Å². The number of piperazine rings is 1. The molecule has 0 saturated carbocycles. The Labute approximate surface area is 159 Å². The van der Waals surface area contributed by atoms with Crippen molar-refractivity contribution in [2.75, 3.05) is 50.1 Å². The maximum atomic E-state index is 11.8. The highest BCUT2D eigenvalue weighted by Gasteiger charge is 2.23. The van der Waals surface area contributed by atoms with Gasteiger partial charge >= 0.3 is 6.09 Å². The van der Waals surface area contributed by atoms with Crippen molar-refractivity contribution >= 4 is 17.9 Å². The fraction of sp³-hybridized carbons (Fsp3) is 0.421. The van der Waals surface area contributed by atoms with E-state index in [4.69, 9.17) is 9.47 Å². The van der Waals surface area contributed by atoms with Crippen LogP contribution in [0.25, 0.3) is 0 Å². The molecule has 1 saturated heterocycles. The number of ether oxygens (including phenoxy) is 2. The van der Waals surface area contributed by atoms with Crippen LogP contribution >= 0.6 is 0 Å². The van der Waals surface area contributed by atoms with E-state index >= 15 is 0 Å². The van der Waals surface area contributed by atoms with Gasteiger partial charge in [0.1, 0.15) is 11.6 Å². The monoisotopic (exact) mass is 371 g/mol. The van der Waals surface area contributed by atoms with Gasteiger partial charge < -0.3 is 24.6 Å². The van der Waals surface area contributed by atoms with E-state index in [2.05, 4.69) is 20.2 Å². The fourth-order valence-electron chi connectivity index (χ4n) is 2.84. The van der Waals surface area contributed by atoms with Gasteiger partial charge in [-0.15, -0.1) is 0 Å². The van der Waals surface area contributed by atoms with E-state index in [0.29, 0.717) is 45.3 Å². The molecule has 3 rings (SSSR count). The first-order valence-electron chi connectivity index (χ1n) is 9.06. The number of carbonyl (C=O) groups is 1. The molecular formula is C19H25N5O3. The third kappa shape index (κ3) is 4.99. The van der Waals surface area contributed by atoms with Gasteiger partial charge in [0.25, 0.3) is 0 Å². The molecular weight excluding hydrogens is 346 g/mol. The predicted molar refractivity (Wildman–Crippen MR) is 103 cm³/mol. The van der Waals surface area contributed by atoms with Crippen LogP contribution in [0.5, 0.6) is 5.75 Å². The second kappa shape index (κ2) is 9.07. The third-order valence-electron chi connectivity index (χ3n) is 4.36. The Balaban J connectivity index is 1.55. The Morgan fingerprint density at radius 2 is 1.89 bits per heavy atom. The first-order chi connectivity index (χ1) is 13.2. The molecule has 1 N–H and O–H groups in total. The van der Waals surface area contributed by atoms with E-state index in [1.165, 1.54) is 0 Å². The highest BCUT2D eigenvalue weighted by Crippen LogP contribution is 2.16. The minimum atomic E-state index is -0.257. The van der Waals surface area contributed by atoms with Gasteiger partial charge in [0.15, 0.2) is 0 Å². The summed E-state index contributed by atoms with van der Waals surface area (Å²) in [4.78, 5) is 24.5. The third-order valence-corrected chi connectivity index (χ3v) is 4.36. The number of aromatic nitrogens is 2. The minimum Gasteiger partial charge on any atom is -0.497 e. The van der Waals surface area contributed by atoms with Gasteiger partial charge in [-0.05, 0) is 30.7 Å². The van der Waals surface area contributed by atoms with E-state index in [9.17, 15) is 4.79 Å². The number of nitrogens with zero attached hydrogens (tertiary/aromatic N) is 4. The summed E-state index contributed by atoms with van der Waals surface area (Å²) in [5.74, 6) is 2.27. The van der Waals surface area contributed by atoms with Crippen LogP contribution in [0.4, 0.5) is 16.6 Å². The quantitative estimate of drug-likeness (QED) is 0.835. The summed E-state index contributed by atoms with van der Waals surface area (Å²) in [6.07, 6.45) is 1.49. The lowest BCUT2D eigenvalue weighted by Crippen LogP contribution is -2.49. The molecule has 0 atom stereocenters. The molecule has 0 unspecified atom stereocenters. The number of benzene rings is 1. The van der Waals surface area contributed by atoms with Crippen LogP contribution in [0.15, 0.2) is 36.5 Å². The molecule has 1 aromatic carbocycles. The predicted octanol–water partition coefficient (Wildman–Crippen LogP) is 2.38. The molecule has 1 aliphatic rings. The van der Waals surface area contributed by atoms with E-state index in [1.54, 1.807) is 18.2 Å². The summed E-state index contributed by atoms with van der Waals surface area (Å²) in [6, 6.07) is 9.75. The van der Waals surface area contributed by atoms with E-state index in [0.717, 1.165) is 17.1 Å². The van der Waals surface area contributed by atoms with Gasteiger partial charge in [-0.3, -0.25) is 0 Å². The van der Waals surface area contributed by atoms with Crippen LogP contribution in [0, 0.1) is 0 Å². The van der Waals surface area contributed by atoms with Crippen molar-refractivity contribution in [1.29, 1.82) is 0 Å². The lowest BCUT2D eigenvalue weighted by molar-refractivity contribution is 0.105. The van der Waals surface area contributed by atoms with E-state index in [1.807, 2.05) is 37.3 Å². The van der Waals surface area contributed by atoms with E-state index < -0.39 is 0 Å². The Morgan fingerprint density at radius 3 is 2.56 bits per heavy atom. The van der Waals surface area contributed by atoms with Crippen LogP contribution in [0.2, 0.25) is 0 Å². The van der Waals surface area contributed by atoms with Gasteiger partial charge in [-0.2, -0.15) is 4.98 Å². The number of hydrogen-bond acceptors (Lipinski definition) is 7. The number of hydrogen-bond donors (Lipinski definition) is 1. The lowest BCUT2D eigenvalue weighted by Gasteiger charge is -2.34. The molecule has 0 radical (unpaired) electrons. The molecule has 0 spiro atoms. The standard InChI is InChI=1S/C19H25N5O3/c1-3-27-19(25)24-12-10-23(11-13-24)18-20-9-8-17(22-18)21-14-15-4-6-16(26-2)7-5-15/h4-9H,3,10-14H2,1-2H3,(H,20,21,22). The lowest BCUT2D eigenvalue weighted by atomic mass is 10.2. The topological polar surface area (TPSA) is 79.8 Å². The molecule has 27 heavy (non-hydrogen) atoms. The molecule has 1 fully saturated rings. The van der Waals surface area contributed by atoms with Crippen LogP contribution in [-0.4, -0.2) is 60.9 Å². The molecule has 2 aromatic rings. The van der Waals surface area contributed by atoms with Gasteiger partial charge in [0, 0.05) is 38.9 Å². The van der Waals surface area contributed by atoms with Crippen molar-refractivity contribution in [3.63, 3.8) is 0 Å². The molecule has 0 bridgehead atoms. The number of carbonyl (C=O) groups excluding carboxylic acids is 1. The first kappa shape index (κ1) is 18.8. The maximum Gasteiger partial charge on any atom is 0.409 e. The Morgan fingerprint density at radius 1 is 1.15 bits per heavy atom. The normalized spacial score (nSPS) is 14.0. The molecule has 0 aliphatic carbocycles. The van der Waals surface area contributed by atoms with Crippen LogP contribution in [-0.2, 0) is 11.3 Å². The summed E-state index contributed by atoms with van der Waals surface area (Å²) in [5.41, 5.74) is 1.14. The van der Waals surface area contributed by atoms with Gasteiger partial charge in [0.2, 0.25) is 5.95 Å². The molecule has 144 valence electrons. The minimum absolute atomic E-state index is 0.257. The Kier molecular flexibility index (Phi) is 6.30. The molecule has 1 aromatic heterocycles. The smallest absolute Gasteiger partial charge is 0.409 e. The number of amides is 1. The summed E-state index contributed by atoms with van der Waals surface area (Å²) in [7, 11) is 1.65. The highest BCUT2D eigenvalue weighted by atomic mass is 16.6. The summed E-state index contributed by atoms with van der Waals surface area (Å²) >= 11 is 0. The van der Waals surface area contributed by atoms with Gasteiger partial charge in [-0.25, -0.2) is 9.78 Å². The molecule has 1 aliphatic heterocycles. The zero-order chi connectivity index (χ0) is 19.1. The molecule has 2 heterocycles. The van der Waals surface area contributed by atoms with Crippen molar-refractivity contribution in [3.8, 4) is 5.75 Å². The Hall–Kier alpha value is -3.03. The number of anilines is 2. The fourth-order valence-corrected chi connectivity index (χ4v) is 2.84.